The summed E-state index contributed by atoms with van der Waals surface area (Å²) in [4.78, 5) is 30.7. The van der Waals surface area contributed by atoms with E-state index in [1.807, 2.05) is 0 Å². The summed E-state index contributed by atoms with van der Waals surface area (Å²) in [6, 6.07) is 10.8. The highest BCUT2D eigenvalue weighted by Crippen LogP contribution is 2.49. The van der Waals surface area contributed by atoms with Gasteiger partial charge in [-0.2, -0.15) is 0 Å². The van der Waals surface area contributed by atoms with E-state index in [9.17, 15) is 9.59 Å². The summed E-state index contributed by atoms with van der Waals surface area (Å²) in [5, 5.41) is 9.12. The molecule has 164 valence electrons. The highest BCUT2D eigenvalue weighted by molar-refractivity contribution is 5.79. The molecule has 0 aromatic heterocycles. The molecular weight excluding hydrogens is 378 g/mol. The Bertz CT molecular complexity index is 767. The molecule has 2 amide bonds. The van der Waals surface area contributed by atoms with Crippen molar-refractivity contribution >= 4 is 12.0 Å². The molecule has 1 spiro atoms. The van der Waals surface area contributed by atoms with Crippen LogP contribution in [-0.2, 0) is 10.3 Å². The van der Waals surface area contributed by atoms with Crippen molar-refractivity contribution in [3.63, 3.8) is 0 Å². The molecule has 0 bridgehead atoms. The Hall–Kier alpha value is -2.08. The van der Waals surface area contributed by atoms with Crippen molar-refractivity contribution in [2.45, 2.75) is 62.4 Å². The third kappa shape index (κ3) is 3.70. The summed E-state index contributed by atoms with van der Waals surface area (Å²) in [5.74, 6) is -0.228. The van der Waals surface area contributed by atoms with Gasteiger partial charge in [0.15, 0.2) is 0 Å². The summed E-state index contributed by atoms with van der Waals surface area (Å²) in [6.07, 6.45) is 7.63. The van der Waals surface area contributed by atoms with Crippen LogP contribution >= 0.6 is 0 Å². The van der Waals surface area contributed by atoms with Gasteiger partial charge in [-0.05, 0) is 64.1 Å². The van der Waals surface area contributed by atoms with Gasteiger partial charge in [-0.3, -0.25) is 9.69 Å². The van der Waals surface area contributed by atoms with E-state index in [-0.39, 0.29) is 23.5 Å². The largest absolute Gasteiger partial charge is 0.481 e. The predicted molar refractivity (Wildman–Crippen MR) is 116 cm³/mol. The maximum atomic E-state index is 13.3. The number of carbonyl (C=O) groups excluding carboxylic acids is 1. The number of aliphatic carboxylic acids is 1. The Morgan fingerprint density at radius 2 is 1.80 bits per heavy atom. The second-order valence-electron chi connectivity index (χ2n) is 9.77. The average Bonchev–Trinajstić information content (AvgIpc) is 2.95. The highest BCUT2D eigenvalue weighted by Gasteiger charge is 2.54. The lowest BCUT2D eigenvalue weighted by Gasteiger charge is -2.51. The number of hydrogen-bond donors (Lipinski definition) is 1. The van der Waals surface area contributed by atoms with Crippen LogP contribution < -0.4 is 0 Å². The number of amides is 2. The molecule has 3 aliphatic rings. The van der Waals surface area contributed by atoms with Crippen LogP contribution in [0.25, 0.3) is 0 Å². The van der Waals surface area contributed by atoms with Crippen LogP contribution in [0.3, 0.4) is 0 Å². The third-order valence-corrected chi connectivity index (χ3v) is 8.00. The minimum Gasteiger partial charge on any atom is -0.481 e. The SMILES string of the molecule is CN(C)[C@]1(c2ccccc2)CC[C@@]2(CC1)CN(CCC(=O)O)C(=O)N2CC1CCC1. The summed E-state index contributed by atoms with van der Waals surface area (Å²) in [6.45, 7) is 1.82. The van der Waals surface area contributed by atoms with Gasteiger partial charge in [-0.1, -0.05) is 36.8 Å². The molecular formula is C24H35N3O3. The van der Waals surface area contributed by atoms with Gasteiger partial charge in [0.1, 0.15) is 0 Å². The Morgan fingerprint density at radius 3 is 2.33 bits per heavy atom. The number of urea groups is 1. The van der Waals surface area contributed by atoms with Crippen LogP contribution in [-0.4, -0.2) is 71.1 Å². The van der Waals surface area contributed by atoms with Crippen LogP contribution in [0, 0.1) is 5.92 Å². The van der Waals surface area contributed by atoms with Gasteiger partial charge in [0.05, 0.1) is 12.0 Å². The summed E-state index contributed by atoms with van der Waals surface area (Å²) in [7, 11) is 4.33. The van der Waals surface area contributed by atoms with E-state index in [0.29, 0.717) is 19.0 Å². The van der Waals surface area contributed by atoms with Crippen LogP contribution in [0.1, 0.15) is 56.9 Å². The van der Waals surface area contributed by atoms with E-state index in [4.69, 9.17) is 5.11 Å². The van der Waals surface area contributed by atoms with Gasteiger partial charge in [0.25, 0.3) is 0 Å². The van der Waals surface area contributed by atoms with Crippen molar-refractivity contribution in [3.05, 3.63) is 35.9 Å². The van der Waals surface area contributed by atoms with Gasteiger partial charge in [0.2, 0.25) is 0 Å². The van der Waals surface area contributed by atoms with Gasteiger partial charge in [-0.25, -0.2) is 4.79 Å². The Balaban J connectivity index is 1.56. The van der Waals surface area contributed by atoms with Gasteiger partial charge in [-0.15, -0.1) is 0 Å². The quantitative estimate of drug-likeness (QED) is 0.739. The molecule has 1 aromatic rings. The molecule has 30 heavy (non-hydrogen) atoms. The lowest BCUT2D eigenvalue weighted by atomic mass is 9.68. The predicted octanol–water partition coefficient (Wildman–Crippen LogP) is 3.77. The first kappa shape index (κ1) is 21.2. The zero-order valence-electron chi connectivity index (χ0n) is 18.3. The first-order valence-corrected chi connectivity index (χ1v) is 11.4. The third-order valence-electron chi connectivity index (χ3n) is 8.00. The van der Waals surface area contributed by atoms with E-state index < -0.39 is 5.97 Å². The number of nitrogens with zero attached hydrogens (tertiary/aromatic N) is 3. The summed E-state index contributed by atoms with van der Waals surface area (Å²) < 4.78 is 0. The van der Waals surface area contributed by atoms with Crippen LogP contribution in [0.4, 0.5) is 4.79 Å². The maximum Gasteiger partial charge on any atom is 0.320 e. The Kier molecular flexibility index (Phi) is 5.80. The second kappa shape index (κ2) is 8.22. The standard InChI is InChI=1S/C24H35N3O3/c1-25(2)24(20-9-4-3-5-10-20)14-12-23(13-15-24)18-26(16-11-21(28)29)22(30)27(23)17-19-7-6-8-19/h3-5,9-10,19H,6-8,11-18H2,1-2H3,(H,28,29)/t23-,24-. The molecule has 1 aromatic carbocycles. The van der Waals surface area contributed by atoms with Crippen molar-refractivity contribution in [1.29, 1.82) is 0 Å². The molecule has 3 fully saturated rings. The van der Waals surface area contributed by atoms with Crippen molar-refractivity contribution < 1.29 is 14.7 Å². The van der Waals surface area contributed by atoms with Gasteiger partial charge >= 0.3 is 12.0 Å². The Labute approximate surface area is 179 Å². The van der Waals surface area contributed by atoms with Gasteiger partial charge in [0, 0.05) is 25.2 Å². The minimum atomic E-state index is -0.839. The molecule has 1 aliphatic heterocycles. The van der Waals surface area contributed by atoms with Crippen LogP contribution in [0.5, 0.6) is 0 Å². The maximum absolute atomic E-state index is 13.3. The molecule has 2 aliphatic carbocycles. The normalized spacial score (nSPS) is 29.6. The fourth-order valence-corrected chi connectivity index (χ4v) is 5.79. The van der Waals surface area contributed by atoms with Crippen LogP contribution in [0.15, 0.2) is 30.3 Å². The number of carboxylic acid groups (broad SMARTS) is 1. The van der Waals surface area contributed by atoms with Crippen molar-refractivity contribution in [2.24, 2.45) is 5.92 Å². The lowest BCUT2D eigenvalue weighted by Crippen LogP contribution is -2.56. The molecule has 1 saturated heterocycles. The van der Waals surface area contributed by atoms with E-state index in [1.165, 1.54) is 24.8 Å². The first-order valence-electron chi connectivity index (χ1n) is 11.4. The van der Waals surface area contributed by atoms with Crippen LogP contribution in [0.2, 0.25) is 0 Å². The number of hydrogen-bond acceptors (Lipinski definition) is 3. The monoisotopic (exact) mass is 413 g/mol. The lowest BCUT2D eigenvalue weighted by molar-refractivity contribution is -0.137. The molecule has 0 atom stereocenters. The number of rotatable bonds is 7. The first-order chi connectivity index (χ1) is 14.4. The number of carboxylic acids is 1. The molecule has 2 saturated carbocycles. The van der Waals surface area contributed by atoms with E-state index >= 15 is 0 Å². The molecule has 6 heteroatoms. The summed E-state index contributed by atoms with van der Waals surface area (Å²) in [5.41, 5.74) is 1.19. The van der Waals surface area contributed by atoms with Crippen molar-refractivity contribution in [2.75, 3.05) is 33.7 Å². The average molecular weight is 414 g/mol. The van der Waals surface area contributed by atoms with Gasteiger partial charge < -0.3 is 14.9 Å². The van der Waals surface area contributed by atoms with E-state index in [2.05, 4.69) is 54.2 Å². The second-order valence-corrected chi connectivity index (χ2v) is 9.77. The fraction of sp³-hybridized carbons (Fsp3) is 0.667. The zero-order chi connectivity index (χ0) is 21.4. The number of carbonyl (C=O) groups is 2. The topological polar surface area (TPSA) is 64.1 Å². The molecule has 0 radical (unpaired) electrons. The fourth-order valence-electron chi connectivity index (χ4n) is 5.79. The molecule has 1 N–H and O–H groups in total. The number of benzene rings is 1. The van der Waals surface area contributed by atoms with E-state index in [1.54, 1.807) is 4.90 Å². The molecule has 1 heterocycles. The van der Waals surface area contributed by atoms with E-state index in [0.717, 1.165) is 32.2 Å². The minimum absolute atomic E-state index is 0.00776. The van der Waals surface area contributed by atoms with Crippen molar-refractivity contribution in [1.82, 2.24) is 14.7 Å². The molecule has 0 unspecified atom stereocenters. The Morgan fingerprint density at radius 1 is 1.13 bits per heavy atom. The van der Waals surface area contributed by atoms with Crippen molar-refractivity contribution in [3.8, 4) is 0 Å². The molecule has 4 rings (SSSR count). The highest BCUT2D eigenvalue weighted by atomic mass is 16.4. The molecule has 6 nitrogen and oxygen atoms in total. The smallest absolute Gasteiger partial charge is 0.320 e. The summed E-state index contributed by atoms with van der Waals surface area (Å²) >= 11 is 0. The zero-order valence-corrected chi connectivity index (χ0v) is 18.3.